The molecule has 196 valence electrons. The molecular weight excluding hydrogens is 488 g/mol. The Morgan fingerprint density at radius 1 is 0.919 bits per heavy atom. The van der Waals surface area contributed by atoms with Gasteiger partial charge >= 0.3 is 0 Å². The second-order valence-corrected chi connectivity index (χ2v) is 11.1. The van der Waals surface area contributed by atoms with Gasteiger partial charge in [-0.25, -0.2) is 8.42 Å². The summed E-state index contributed by atoms with van der Waals surface area (Å²) < 4.78 is 31.8. The van der Waals surface area contributed by atoms with Crippen molar-refractivity contribution < 1.29 is 17.9 Å². The van der Waals surface area contributed by atoms with Crippen LogP contribution in [0.2, 0.25) is 0 Å². The first-order chi connectivity index (χ1) is 17.7. The monoisotopic (exact) mass is 522 g/mol. The number of carbonyl (C=O) groups is 1. The van der Waals surface area contributed by atoms with Crippen LogP contribution < -0.4 is 19.3 Å². The zero-order valence-electron chi connectivity index (χ0n) is 21.6. The smallest absolute Gasteiger partial charge is 0.255 e. The maximum Gasteiger partial charge on any atom is 0.255 e. The summed E-state index contributed by atoms with van der Waals surface area (Å²) in [6.07, 6.45) is 1.18. The summed E-state index contributed by atoms with van der Waals surface area (Å²) in [6, 6.07) is 21.8. The van der Waals surface area contributed by atoms with Crippen LogP contribution >= 0.6 is 0 Å². The highest BCUT2D eigenvalue weighted by molar-refractivity contribution is 7.92. The third-order valence-corrected chi connectivity index (χ3v) is 7.51. The lowest BCUT2D eigenvalue weighted by molar-refractivity contribution is 0.102. The average molecular weight is 523 g/mol. The lowest BCUT2D eigenvalue weighted by atomic mass is 10.1. The summed E-state index contributed by atoms with van der Waals surface area (Å²) >= 11 is 0. The Bertz CT molecular complexity index is 1290. The first kappa shape index (κ1) is 26.5. The third-order valence-electron chi connectivity index (χ3n) is 6.37. The van der Waals surface area contributed by atoms with E-state index in [1.807, 2.05) is 31.2 Å². The number of anilines is 3. The summed E-state index contributed by atoms with van der Waals surface area (Å²) in [7, 11) is -1.38. The van der Waals surface area contributed by atoms with E-state index in [1.165, 1.54) is 10.6 Å². The van der Waals surface area contributed by atoms with Crippen LogP contribution in [0.5, 0.6) is 5.75 Å². The van der Waals surface area contributed by atoms with Gasteiger partial charge in [0.2, 0.25) is 10.0 Å². The highest BCUT2D eigenvalue weighted by Crippen LogP contribution is 2.24. The quantitative estimate of drug-likeness (QED) is 0.457. The highest BCUT2D eigenvalue weighted by Gasteiger charge is 2.19. The van der Waals surface area contributed by atoms with Gasteiger partial charge in [-0.15, -0.1) is 0 Å². The van der Waals surface area contributed by atoms with E-state index < -0.39 is 10.0 Å². The van der Waals surface area contributed by atoms with Crippen LogP contribution in [0, 0.1) is 0 Å². The van der Waals surface area contributed by atoms with Crippen molar-refractivity contribution in [2.45, 2.75) is 13.5 Å². The fourth-order valence-corrected chi connectivity index (χ4v) is 5.11. The molecular formula is C28H34N4O4S. The largest absolute Gasteiger partial charge is 0.494 e. The molecule has 0 radical (unpaired) electrons. The molecule has 1 aliphatic heterocycles. The van der Waals surface area contributed by atoms with E-state index in [1.54, 1.807) is 48.5 Å². The van der Waals surface area contributed by atoms with Crippen LogP contribution in [-0.2, 0) is 16.6 Å². The summed E-state index contributed by atoms with van der Waals surface area (Å²) in [5.74, 6) is 0.467. The van der Waals surface area contributed by atoms with Gasteiger partial charge < -0.3 is 19.9 Å². The molecule has 0 aliphatic carbocycles. The molecule has 4 rings (SSSR count). The highest BCUT2D eigenvalue weighted by atomic mass is 32.2. The molecule has 37 heavy (non-hydrogen) atoms. The van der Waals surface area contributed by atoms with E-state index in [0.29, 0.717) is 23.6 Å². The van der Waals surface area contributed by atoms with Crippen molar-refractivity contribution in [2.24, 2.45) is 0 Å². The first-order valence-corrected chi connectivity index (χ1v) is 14.2. The molecule has 1 saturated heterocycles. The molecule has 0 atom stereocenters. The van der Waals surface area contributed by atoms with Crippen molar-refractivity contribution in [3.63, 3.8) is 0 Å². The number of rotatable bonds is 9. The first-order valence-electron chi connectivity index (χ1n) is 12.4. The summed E-state index contributed by atoms with van der Waals surface area (Å²) in [5.41, 5.74) is 3.70. The van der Waals surface area contributed by atoms with Gasteiger partial charge in [0, 0.05) is 43.1 Å². The minimum Gasteiger partial charge on any atom is -0.494 e. The van der Waals surface area contributed by atoms with E-state index in [2.05, 4.69) is 22.2 Å². The lowest BCUT2D eigenvalue weighted by Gasteiger charge is -2.34. The van der Waals surface area contributed by atoms with E-state index in [0.717, 1.165) is 43.1 Å². The number of nitrogens with zero attached hydrogens (tertiary/aromatic N) is 3. The van der Waals surface area contributed by atoms with Gasteiger partial charge in [0.05, 0.1) is 25.1 Å². The zero-order valence-corrected chi connectivity index (χ0v) is 22.4. The van der Waals surface area contributed by atoms with E-state index in [9.17, 15) is 13.2 Å². The predicted molar refractivity (Wildman–Crippen MR) is 149 cm³/mol. The summed E-state index contributed by atoms with van der Waals surface area (Å²) in [6.45, 7) is 6.65. The number of benzene rings is 3. The minimum absolute atomic E-state index is 0.155. The van der Waals surface area contributed by atoms with Crippen LogP contribution in [0.25, 0.3) is 0 Å². The zero-order chi connectivity index (χ0) is 26.4. The van der Waals surface area contributed by atoms with Crippen molar-refractivity contribution in [3.8, 4) is 5.75 Å². The van der Waals surface area contributed by atoms with Gasteiger partial charge in [0.25, 0.3) is 5.91 Å². The van der Waals surface area contributed by atoms with Gasteiger partial charge in [0.15, 0.2) is 0 Å². The molecule has 1 heterocycles. The van der Waals surface area contributed by atoms with Gasteiger partial charge in [-0.2, -0.15) is 0 Å². The number of amides is 1. The maximum absolute atomic E-state index is 12.8. The van der Waals surface area contributed by atoms with Crippen molar-refractivity contribution in [3.05, 3.63) is 83.9 Å². The second kappa shape index (κ2) is 11.7. The van der Waals surface area contributed by atoms with Crippen LogP contribution in [0.4, 0.5) is 17.1 Å². The molecule has 0 bridgehead atoms. The van der Waals surface area contributed by atoms with Crippen LogP contribution in [0.15, 0.2) is 72.8 Å². The molecule has 1 N–H and O–H groups in total. The van der Waals surface area contributed by atoms with Crippen molar-refractivity contribution in [1.82, 2.24) is 4.90 Å². The fourth-order valence-electron chi connectivity index (χ4n) is 4.23. The van der Waals surface area contributed by atoms with Crippen LogP contribution in [0.1, 0.15) is 22.8 Å². The number of hydrogen-bond donors (Lipinski definition) is 1. The molecule has 9 heteroatoms. The van der Waals surface area contributed by atoms with E-state index in [4.69, 9.17) is 4.74 Å². The fraction of sp³-hybridized carbons (Fsp3) is 0.321. The van der Waals surface area contributed by atoms with Gasteiger partial charge in [0.1, 0.15) is 5.75 Å². The van der Waals surface area contributed by atoms with Gasteiger partial charge in [-0.1, -0.05) is 12.1 Å². The van der Waals surface area contributed by atoms with Gasteiger partial charge in [-0.05, 0) is 80.2 Å². The van der Waals surface area contributed by atoms with E-state index in [-0.39, 0.29) is 12.5 Å². The number of nitrogens with one attached hydrogen (secondary N) is 1. The SMILES string of the molecule is CCOc1ccc(N(Cc2ccc(C(=O)Nc3ccc(N4CCN(C)CC4)cc3)cc2)S(C)(=O)=O)cc1. The number of ether oxygens (including phenoxy) is 1. The molecule has 0 aromatic heterocycles. The Balaban J connectivity index is 1.39. The topological polar surface area (TPSA) is 82.2 Å². The minimum atomic E-state index is -3.52. The molecule has 3 aromatic carbocycles. The Hall–Kier alpha value is -3.56. The maximum atomic E-state index is 12.8. The predicted octanol–water partition coefficient (Wildman–Crippen LogP) is 4.06. The van der Waals surface area contributed by atoms with E-state index >= 15 is 0 Å². The molecule has 0 saturated carbocycles. The summed E-state index contributed by atoms with van der Waals surface area (Å²) in [4.78, 5) is 17.5. The Kier molecular flexibility index (Phi) is 8.35. The second-order valence-electron chi connectivity index (χ2n) is 9.18. The Labute approximate surface area is 219 Å². The van der Waals surface area contributed by atoms with Crippen molar-refractivity contribution in [1.29, 1.82) is 0 Å². The van der Waals surface area contributed by atoms with Crippen molar-refractivity contribution >= 4 is 33.0 Å². The number of carbonyl (C=O) groups excluding carboxylic acids is 1. The Morgan fingerprint density at radius 2 is 1.54 bits per heavy atom. The molecule has 0 spiro atoms. The lowest BCUT2D eigenvalue weighted by Crippen LogP contribution is -2.44. The number of hydrogen-bond acceptors (Lipinski definition) is 6. The third kappa shape index (κ3) is 7.02. The molecule has 1 aliphatic rings. The van der Waals surface area contributed by atoms with Crippen LogP contribution in [-0.4, -0.2) is 65.3 Å². The molecule has 1 amide bonds. The standard InChI is InChI=1S/C28H34N4O4S/c1-4-36-27-15-13-26(14-16-27)32(37(3,34)35)21-22-5-7-23(8-6-22)28(33)29-24-9-11-25(12-10-24)31-19-17-30(2)18-20-31/h5-16H,4,17-21H2,1-3H3,(H,29,33). The average Bonchev–Trinajstić information content (AvgIpc) is 2.89. The summed E-state index contributed by atoms with van der Waals surface area (Å²) in [5, 5.41) is 2.94. The number of likely N-dealkylation sites (N-methyl/N-ethyl adjacent to an activating group) is 1. The van der Waals surface area contributed by atoms with Crippen molar-refractivity contribution in [2.75, 3.05) is 60.6 Å². The molecule has 8 nitrogen and oxygen atoms in total. The van der Waals surface area contributed by atoms with Gasteiger partial charge in [-0.3, -0.25) is 9.10 Å². The number of sulfonamides is 1. The molecule has 0 unspecified atom stereocenters. The molecule has 1 fully saturated rings. The normalized spacial score (nSPS) is 14.3. The Morgan fingerprint density at radius 3 is 2.11 bits per heavy atom. The van der Waals surface area contributed by atoms with Crippen LogP contribution in [0.3, 0.4) is 0 Å². The number of piperazine rings is 1. The molecule has 3 aromatic rings.